The number of hydrogen-bond acceptors (Lipinski definition) is 4. The van der Waals surface area contributed by atoms with Gasteiger partial charge in [-0.15, -0.1) is 0 Å². The van der Waals surface area contributed by atoms with Gasteiger partial charge >= 0.3 is 0 Å². The zero-order valence-corrected chi connectivity index (χ0v) is 20.9. The Morgan fingerprint density at radius 1 is 1.06 bits per heavy atom. The van der Waals surface area contributed by atoms with Gasteiger partial charge in [-0.2, -0.15) is 5.10 Å². The molecule has 184 valence electrons. The molecular formula is C29H35N3O3. The molecule has 2 heterocycles. The number of carbonyl (C=O) groups excluding carboxylic acids is 1. The molecule has 3 aromatic rings. The van der Waals surface area contributed by atoms with Gasteiger partial charge in [-0.1, -0.05) is 69.5 Å². The molecule has 2 aromatic carbocycles. The second kappa shape index (κ2) is 10.1. The molecule has 0 bridgehead atoms. The first-order valence-corrected chi connectivity index (χ1v) is 12.9. The number of fused-ring (bicyclic) bond motifs is 1. The number of aromatic nitrogens is 2. The molecule has 1 saturated carbocycles. The first-order chi connectivity index (χ1) is 17.1. The van der Waals surface area contributed by atoms with Crippen molar-refractivity contribution in [2.45, 2.75) is 64.5 Å². The molecule has 0 saturated heterocycles. The van der Waals surface area contributed by atoms with Crippen LogP contribution in [0.4, 0.5) is 0 Å². The predicted molar refractivity (Wildman–Crippen MR) is 137 cm³/mol. The summed E-state index contributed by atoms with van der Waals surface area (Å²) in [5, 5.41) is 7.69. The lowest BCUT2D eigenvalue weighted by Gasteiger charge is -2.36. The highest BCUT2D eigenvalue weighted by Gasteiger charge is 2.45. The van der Waals surface area contributed by atoms with Gasteiger partial charge in [-0.3, -0.25) is 9.89 Å². The molecule has 1 aliphatic carbocycles. The highest BCUT2D eigenvalue weighted by molar-refractivity contribution is 6.00. The van der Waals surface area contributed by atoms with Crippen LogP contribution in [0.25, 0.3) is 11.3 Å². The summed E-state index contributed by atoms with van der Waals surface area (Å²) in [5.41, 5.74) is 4.44. The smallest absolute Gasteiger partial charge is 0.273 e. The van der Waals surface area contributed by atoms with Crippen molar-refractivity contribution in [1.82, 2.24) is 15.1 Å². The van der Waals surface area contributed by atoms with Crippen LogP contribution in [0.3, 0.4) is 0 Å². The molecule has 1 unspecified atom stereocenters. The zero-order valence-electron chi connectivity index (χ0n) is 20.9. The minimum atomic E-state index is -0.215. The normalized spacial score (nSPS) is 18.2. The fraction of sp³-hybridized carbons (Fsp3) is 0.448. The maximum Gasteiger partial charge on any atom is 0.273 e. The summed E-state index contributed by atoms with van der Waals surface area (Å²) < 4.78 is 11.8. The van der Waals surface area contributed by atoms with E-state index in [1.54, 1.807) is 7.11 Å². The van der Waals surface area contributed by atoms with E-state index in [0.717, 1.165) is 60.2 Å². The lowest BCUT2D eigenvalue weighted by Crippen LogP contribution is -2.40. The summed E-state index contributed by atoms with van der Waals surface area (Å²) in [6.07, 6.45) is 6.61. The Balaban J connectivity index is 1.57. The summed E-state index contributed by atoms with van der Waals surface area (Å²) in [7, 11) is 1.67. The molecule has 1 fully saturated rings. The Kier molecular flexibility index (Phi) is 6.80. The van der Waals surface area contributed by atoms with Crippen LogP contribution in [0, 0.1) is 5.92 Å². The Bertz CT molecular complexity index is 1170. The molecule has 6 nitrogen and oxygen atoms in total. The van der Waals surface area contributed by atoms with Crippen LogP contribution in [-0.4, -0.2) is 40.8 Å². The van der Waals surface area contributed by atoms with Crippen LogP contribution in [0.5, 0.6) is 11.5 Å². The zero-order chi connectivity index (χ0) is 24.4. The van der Waals surface area contributed by atoms with Gasteiger partial charge in [0.1, 0.15) is 5.69 Å². The summed E-state index contributed by atoms with van der Waals surface area (Å²) in [4.78, 5) is 15.8. The average molecular weight is 474 g/mol. The maximum absolute atomic E-state index is 13.7. The first kappa shape index (κ1) is 23.5. The van der Waals surface area contributed by atoms with Crippen LogP contribution >= 0.6 is 0 Å². The number of ether oxygens (including phenoxy) is 2. The molecule has 0 spiro atoms. The van der Waals surface area contributed by atoms with E-state index >= 15 is 0 Å². The van der Waals surface area contributed by atoms with Gasteiger partial charge in [0.2, 0.25) is 0 Å². The summed E-state index contributed by atoms with van der Waals surface area (Å²) >= 11 is 0. The quantitative estimate of drug-likeness (QED) is 0.412. The topological polar surface area (TPSA) is 67.5 Å². The maximum atomic E-state index is 13.7. The number of rotatable bonds is 8. The number of nitrogens with zero attached hydrogens (tertiary/aromatic N) is 2. The molecule has 1 aromatic heterocycles. The Morgan fingerprint density at radius 3 is 2.54 bits per heavy atom. The minimum absolute atomic E-state index is 0.0443. The van der Waals surface area contributed by atoms with Crippen molar-refractivity contribution in [1.29, 1.82) is 0 Å². The minimum Gasteiger partial charge on any atom is -0.493 e. The van der Waals surface area contributed by atoms with E-state index < -0.39 is 0 Å². The number of aromatic amines is 1. The van der Waals surface area contributed by atoms with E-state index in [2.05, 4.69) is 35.0 Å². The van der Waals surface area contributed by atoms with Crippen LogP contribution in [0.2, 0.25) is 0 Å². The summed E-state index contributed by atoms with van der Waals surface area (Å²) in [6.45, 7) is 5.02. The van der Waals surface area contributed by atoms with E-state index in [1.807, 2.05) is 42.5 Å². The second-order valence-corrected chi connectivity index (χ2v) is 10.1. The largest absolute Gasteiger partial charge is 0.493 e. The number of nitrogens with one attached hydrogen (secondary N) is 1. The third-order valence-electron chi connectivity index (χ3n) is 7.28. The fourth-order valence-electron chi connectivity index (χ4n) is 5.42. The third kappa shape index (κ3) is 4.54. The van der Waals surface area contributed by atoms with Gasteiger partial charge in [0.15, 0.2) is 11.5 Å². The highest BCUT2D eigenvalue weighted by Crippen LogP contribution is 2.47. The average Bonchev–Trinajstić information content (AvgIpc) is 3.44. The van der Waals surface area contributed by atoms with E-state index in [-0.39, 0.29) is 18.0 Å². The van der Waals surface area contributed by atoms with Crippen molar-refractivity contribution >= 4 is 5.91 Å². The van der Waals surface area contributed by atoms with Crippen LogP contribution < -0.4 is 9.47 Å². The SMILES string of the molecule is COc1cc(C2c3c(-c4ccccc4)n[nH]c3C(=O)N2C2CCCCC2)ccc1OCCC(C)C. The van der Waals surface area contributed by atoms with Gasteiger partial charge in [0, 0.05) is 17.2 Å². The molecule has 1 aliphatic heterocycles. The molecule has 35 heavy (non-hydrogen) atoms. The molecule has 1 N–H and O–H groups in total. The second-order valence-electron chi connectivity index (χ2n) is 10.1. The molecule has 0 radical (unpaired) electrons. The number of benzene rings is 2. The van der Waals surface area contributed by atoms with Gasteiger partial charge in [-0.25, -0.2) is 0 Å². The van der Waals surface area contributed by atoms with E-state index in [4.69, 9.17) is 9.47 Å². The van der Waals surface area contributed by atoms with Crippen molar-refractivity contribution in [3.8, 4) is 22.8 Å². The number of carbonyl (C=O) groups is 1. The standard InChI is InChI=1S/C29H35N3O3/c1-19(2)16-17-35-23-15-14-21(18-24(23)34-3)28-25-26(20-10-6-4-7-11-20)30-31-27(25)29(33)32(28)22-12-8-5-9-13-22/h4,6-7,10-11,14-15,18-19,22,28H,5,8-9,12-13,16-17H2,1-3H3,(H,30,31). The lowest BCUT2D eigenvalue weighted by molar-refractivity contribution is 0.0606. The van der Waals surface area contributed by atoms with Crippen molar-refractivity contribution in [2.24, 2.45) is 5.92 Å². The van der Waals surface area contributed by atoms with Crippen molar-refractivity contribution in [3.05, 3.63) is 65.4 Å². The highest BCUT2D eigenvalue weighted by atomic mass is 16.5. The molecule has 5 rings (SSSR count). The number of H-pyrrole nitrogens is 1. The molecule has 2 aliphatic rings. The van der Waals surface area contributed by atoms with Crippen molar-refractivity contribution in [2.75, 3.05) is 13.7 Å². The number of amides is 1. The number of hydrogen-bond donors (Lipinski definition) is 1. The number of methoxy groups -OCH3 is 1. The first-order valence-electron chi connectivity index (χ1n) is 12.9. The van der Waals surface area contributed by atoms with Gasteiger partial charge in [0.05, 0.1) is 25.5 Å². The molecule has 1 amide bonds. The van der Waals surface area contributed by atoms with Crippen molar-refractivity contribution < 1.29 is 14.3 Å². The summed E-state index contributed by atoms with van der Waals surface area (Å²) in [5.74, 6) is 2.05. The Hall–Kier alpha value is -3.28. The van der Waals surface area contributed by atoms with Crippen molar-refractivity contribution in [3.63, 3.8) is 0 Å². The van der Waals surface area contributed by atoms with Gasteiger partial charge < -0.3 is 14.4 Å². The Labute approximate surface area is 207 Å². The van der Waals surface area contributed by atoms with E-state index in [0.29, 0.717) is 24.0 Å². The van der Waals surface area contributed by atoms with Crippen LogP contribution in [0.15, 0.2) is 48.5 Å². The predicted octanol–water partition coefficient (Wildman–Crippen LogP) is 6.39. The monoisotopic (exact) mass is 473 g/mol. The lowest BCUT2D eigenvalue weighted by atomic mass is 9.91. The third-order valence-corrected chi connectivity index (χ3v) is 7.28. The van der Waals surface area contributed by atoms with Crippen LogP contribution in [0.1, 0.15) is 80.0 Å². The van der Waals surface area contributed by atoms with Gasteiger partial charge in [0.25, 0.3) is 5.91 Å². The van der Waals surface area contributed by atoms with Crippen LogP contribution in [-0.2, 0) is 0 Å². The fourth-order valence-corrected chi connectivity index (χ4v) is 5.42. The van der Waals surface area contributed by atoms with Gasteiger partial charge in [-0.05, 0) is 42.9 Å². The molecule has 6 heteroatoms. The molecular weight excluding hydrogens is 438 g/mol. The van der Waals surface area contributed by atoms with E-state index in [9.17, 15) is 4.79 Å². The summed E-state index contributed by atoms with van der Waals surface area (Å²) in [6, 6.07) is 16.2. The van der Waals surface area contributed by atoms with E-state index in [1.165, 1.54) is 6.42 Å². The molecule has 1 atom stereocenters. The Morgan fingerprint density at radius 2 is 1.83 bits per heavy atom.